The predicted octanol–water partition coefficient (Wildman–Crippen LogP) is 4.00. The maximum atomic E-state index is 12.6. The Morgan fingerprint density at radius 2 is 2.17 bits per heavy atom. The SMILES string of the molecule is CCOc1ccc(NC(=O)N2CCC[C@@H]2c2cc(CC)no2)cc1. The molecule has 1 aliphatic heterocycles. The van der Waals surface area contributed by atoms with Gasteiger partial charge in [0.05, 0.1) is 18.3 Å². The maximum absolute atomic E-state index is 12.6. The standard InChI is InChI=1S/C18H23N3O3/c1-3-13-12-17(24-20-13)16-6-5-11-21(16)18(22)19-14-7-9-15(10-8-14)23-4-2/h7-10,12,16H,3-6,11H2,1-2H3,(H,19,22)/t16-/m1/s1. The van der Waals surface area contributed by atoms with Gasteiger partial charge in [0.25, 0.3) is 0 Å². The number of anilines is 1. The molecule has 1 fully saturated rings. The van der Waals surface area contributed by atoms with Gasteiger partial charge in [0, 0.05) is 18.3 Å². The summed E-state index contributed by atoms with van der Waals surface area (Å²) in [5, 5.41) is 6.98. The van der Waals surface area contributed by atoms with Gasteiger partial charge in [0.15, 0.2) is 5.76 Å². The summed E-state index contributed by atoms with van der Waals surface area (Å²) in [6.07, 6.45) is 2.69. The molecule has 1 aromatic carbocycles. The third-order valence-electron chi connectivity index (χ3n) is 4.20. The molecule has 0 saturated carbocycles. The number of amides is 2. The third-order valence-corrected chi connectivity index (χ3v) is 4.20. The van der Waals surface area contributed by atoms with Crippen molar-refractivity contribution in [3.8, 4) is 5.75 Å². The van der Waals surface area contributed by atoms with E-state index in [0.29, 0.717) is 6.61 Å². The Hall–Kier alpha value is -2.50. The molecule has 1 atom stereocenters. The fraction of sp³-hybridized carbons (Fsp3) is 0.444. The molecule has 0 bridgehead atoms. The van der Waals surface area contributed by atoms with E-state index in [-0.39, 0.29) is 12.1 Å². The number of carbonyl (C=O) groups is 1. The number of aromatic nitrogens is 1. The summed E-state index contributed by atoms with van der Waals surface area (Å²) in [5.41, 5.74) is 1.67. The first kappa shape index (κ1) is 16.4. The number of benzene rings is 1. The number of nitrogens with one attached hydrogen (secondary N) is 1. The lowest BCUT2D eigenvalue weighted by atomic mass is 10.1. The molecule has 0 aliphatic carbocycles. The van der Waals surface area contributed by atoms with Crippen LogP contribution in [0.3, 0.4) is 0 Å². The normalized spacial score (nSPS) is 17.1. The fourth-order valence-electron chi connectivity index (χ4n) is 2.95. The van der Waals surface area contributed by atoms with Crippen molar-refractivity contribution in [3.05, 3.63) is 41.8 Å². The van der Waals surface area contributed by atoms with E-state index < -0.39 is 0 Å². The van der Waals surface area contributed by atoms with E-state index in [0.717, 1.165) is 48.7 Å². The average molecular weight is 329 g/mol. The second-order valence-corrected chi connectivity index (χ2v) is 5.81. The van der Waals surface area contributed by atoms with Crippen LogP contribution in [0.5, 0.6) is 5.75 Å². The Morgan fingerprint density at radius 1 is 1.38 bits per heavy atom. The monoisotopic (exact) mass is 329 g/mol. The Balaban J connectivity index is 1.66. The van der Waals surface area contributed by atoms with Crippen LogP contribution < -0.4 is 10.1 Å². The van der Waals surface area contributed by atoms with Crippen molar-refractivity contribution >= 4 is 11.7 Å². The largest absolute Gasteiger partial charge is 0.494 e. The quantitative estimate of drug-likeness (QED) is 0.900. The molecule has 0 radical (unpaired) electrons. The topological polar surface area (TPSA) is 67.6 Å². The first-order chi connectivity index (χ1) is 11.7. The molecule has 6 heteroatoms. The molecule has 6 nitrogen and oxygen atoms in total. The molecular weight excluding hydrogens is 306 g/mol. The van der Waals surface area contributed by atoms with E-state index in [1.165, 1.54) is 0 Å². The molecule has 128 valence electrons. The van der Waals surface area contributed by atoms with Crippen molar-refractivity contribution < 1.29 is 14.1 Å². The zero-order chi connectivity index (χ0) is 16.9. The van der Waals surface area contributed by atoms with Crippen LogP contribution in [-0.2, 0) is 6.42 Å². The van der Waals surface area contributed by atoms with Crippen LogP contribution in [0.15, 0.2) is 34.9 Å². The van der Waals surface area contributed by atoms with Crippen LogP contribution in [0.25, 0.3) is 0 Å². The van der Waals surface area contributed by atoms with Gasteiger partial charge >= 0.3 is 6.03 Å². The summed E-state index contributed by atoms with van der Waals surface area (Å²) in [7, 11) is 0. The Morgan fingerprint density at radius 3 is 2.83 bits per heavy atom. The number of ether oxygens (including phenoxy) is 1. The van der Waals surface area contributed by atoms with E-state index in [1.807, 2.05) is 49.1 Å². The van der Waals surface area contributed by atoms with Gasteiger partial charge in [-0.15, -0.1) is 0 Å². The van der Waals surface area contributed by atoms with Crippen LogP contribution in [0, 0.1) is 0 Å². The molecule has 0 spiro atoms. The van der Waals surface area contributed by atoms with Gasteiger partial charge in [-0.05, 0) is 50.5 Å². The van der Waals surface area contributed by atoms with E-state index >= 15 is 0 Å². The second-order valence-electron chi connectivity index (χ2n) is 5.81. The number of rotatable bonds is 5. The minimum Gasteiger partial charge on any atom is -0.494 e. The van der Waals surface area contributed by atoms with Crippen LogP contribution in [0.4, 0.5) is 10.5 Å². The zero-order valence-corrected chi connectivity index (χ0v) is 14.1. The smallest absolute Gasteiger partial charge is 0.322 e. The lowest BCUT2D eigenvalue weighted by Crippen LogP contribution is -2.34. The molecule has 1 saturated heterocycles. The minimum atomic E-state index is -0.115. The lowest BCUT2D eigenvalue weighted by molar-refractivity contribution is 0.195. The number of urea groups is 1. The zero-order valence-electron chi connectivity index (χ0n) is 14.1. The minimum absolute atomic E-state index is 0.0412. The summed E-state index contributed by atoms with van der Waals surface area (Å²) in [6, 6.07) is 9.19. The first-order valence-electron chi connectivity index (χ1n) is 8.47. The molecule has 1 aromatic heterocycles. The molecule has 3 rings (SSSR count). The molecule has 24 heavy (non-hydrogen) atoms. The molecule has 2 heterocycles. The Labute approximate surface area is 141 Å². The van der Waals surface area contributed by atoms with Gasteiger partial charge < -0.3 is 19.5 Å². The molecular formula is C18H23N3O3. The summed E-state index contributed by atoms with van der Waals surface area (Å²) < 4.78 is 10.8. The number of hydrogen-bond donors (Lipinski definition) is 1. The molecule has 1 N–H and O–H groups in total. The van der Waals surface area contributed by atoms with Gasteiger partial charge in [-0.2, -0.15) is 0 Å². The molecule has 2 amide bonds. The van der Waals surface area contributed by atoms with Gasteiger partial charge in [0.2, 0.25) is 0 Å². The number of hydrogen-bond acceptors (Lipinski definition) is 4. The highest BCUT2D eigenvalue weighted by atomic mass is 16.5. The highest BCUT2D eigenvalue weighted by molar-refractivity contribution is 5.89. The van der Waals surface area contributed by atoms with Crippen molar-refractivity contribution in [1.29, 1.82) is 0 Å². The van der Waals surface area contributed by atoms with Crippen molar-refractivity contribution in [2.24, 2.45) is 0 Å². The van der Waals surface area contributed by atoms with Crippen molar-refractivity contribution in [1.82, 2.24) is 10.1 Å². The van der Waals surface area contributed by atoms with Crippen LogP contribution in [0.2, 0.25) is 0 Å². The summed E-state index contributed by atoms with van der Waals surface area (Å²) in [5.74, 6) is 1.56. The predicted molar refractivity (Wildman–Crippen MR) is 91.2 cm³/mol. The first-order valence-corrected chi connectivity index (χ1v) is 8.47. The third kappa shape index (κ3) is 3.53. The number of nitrogens with zero attached hydrogens (tertiary/aromatic N) is 2. The summed E-state index contributed by atoms with van der Waals surface area (Å²) >= 11 is 0. The van der Waals surface area contributed by atoms with E-state index in [1.54, 1.807) is 0 Å². The van der Waals surface area contributed by atoms with Crippen LogP contribution >= 0.6 is 0 Å². The molecule has 1 aliphatic rings. The van der Waals surface area contributed by atoms with Gasteiger partial charge in [-0.1, -0.05) is 12.1 Å². The average Bonchev–Trinajstić information content (AvgIpc) is 3.25. The van der Waals surface area contributed by atoms with Crippen molar-refractivity contribution in [2.45, 2.75) is 39.2 Å². The fourth-order valence-corrected chi connectivity index (χ4v) is 2.95. The molecule has 2 aromatic rings. The number of carbonyl (C=O) groups excluding carboxylic acids is 1. The van der Waals surface area contributed by atoms with Crippen molar-refractivity contribution in [2.75, 3.05) is 18.5 Å². The maximum Gasteiger partial charge on any atom is 0.322 e. The van der Waals surface area contributed by atoms with Gasteiger partial charge in [-0.3, -0.25) is 0 Å². The van der Waals surface area contributed by atoms with E-state index in [4.69, 9.17) is 9.26 Å². The lowest BCUT2D eigenvalue weighted by Gasteiger charge is -2.23. The highest BCUT2D eigenvalue weighted by Crippen LogP contribution is 2.33. The summed E-state index contributed by atoms with van der Waals surface area (Å²) in [4.78, 5) is 14.4. The number of aryl methyl sites for hydroxylation is 1. The molecule has 0 unspecified atom stereocenters. The van der Waals surface area contributed by atoms with Crippen LogP contribution in [-0.4, -0.2) is 29.2 Å². The highest BCUT2D eigenvalue weighted by Gasteiger charge is 2.32. The van der Waals surface area contributed by atoms with E-state index in [2.05, 4.69) is 10.5 Å². The van der Waals surface area contributed by atoms with Gasteiger partial charge in [0.1, 0.15) is 5.75 Å². The number of likely N-dealkylation sites (tertiary alicyclic amines) is 1. The summed E-state index contributed by atoms with van der Waals surface area (Å²) in [6.45, 7) is 5.32. The van der Waals surface area contributed by atoms with Gasteiger partial charge in [-0.25, -0.2) is 4.79 Å². The van der Waals surface area contributed by atoms with Crippen LogP contribution in [0.1, 0.15) is 44.2 Å². The van der Waals surface area contributed by atoms with Crippen molar-refractivity contribution in [3.63, 3.8) is 0 Å². The second kappa shape index (κ2) is 7.38. The Bertz CT molecular complexity index is 681. The Kier molecular flexibility index (Phi) is 5.03. The van der Waals surface area contributed by atoms with E-state index in [9.17, 15) is 4.79 Å².